The minimum atomic E-state index is 0.365. The first-order valence-electron chi connectivity index (χ1n) is 6.69. The first-order chi connectivity index (χ1) is 8.97. The first-order valence-corrected chi connectivity index (χ1v) is 6.69. The smallest absolute Gasteiger partial charge is 0.152 e. The Labute approximate surface area is 114 Å². The lowest BCUT2D eigenvalue weighted by Crippen LogP contribution is -2.36. The van der Waals surface area contributed by atoms with Crippen molar-refractivity contribution in [2.75, 3.05) is 26.0 Å². The summed E-state index contributed by atoms with van der Waals surface area (Å²) in [5.41, 5.74) is 2.04. The number of anilines is 1. The third-order valence-electron chi connectivity index (χ3n) is 3.20. The number of hydrogen-bond acceptors (Lipinski definition) is 4. The molecule has 0 aromatic carbocycles. The Balaban J connectivity index is 2.28. The summed E-state index contributed by atoms with van der Waals surface area (Å²) in [6.07, 6.45) is 3.67. The molecule has 0 spiro atoms. The van der Waals surface area contributed by atoms with E-state index in [1.165, 1.54) is 0 Å². The molecular weight excluding hydrogens is 238 g/mol. The van der Waals surface area contributed by atoms with Crippen molar-refractivity contribution >= 4 is 11.3 Å². The summed E-state index contributed by atoms with van der Waals surface area (Å²) in [5.74, 6) is 1.44. The Morgan fingerprint density at radius 3 is 2.74 bits per heavy atom. The molecule has 0 aliphatic rings. The SMILES string of the molecule is Cc1cc2c(NC(CN(C)C)C(C)C)nccn2n1. The average Bonchev–Trinajstić information content (AvgIpc) is 2.68. The Kier molecular flexibility index (Phi) is 4.04. The fourth-order valence-electron chi connectivity index (χ4n) is 2.15. The topological polar surface area (TPSA) is 45.5 Å². The molecule has 0 amide bonds. The van der Waals surface area contributed by atoms with Crippen LogP contribution in [0.3, 0.4) is 0 Å². The first kappa shape index (κ1) is 13.8. The number of hydrogen-bond donors (Lipinski definition) is 1. The van der Waals surface area contributed by atoms with Gasteiger partial charge in [-0.3, -0.25) is 0 Å². The van der Waals surface area contributed by atoms with E-state index in [2.05, 4.69) is 54.3 Å². The monoisotopic (exact) mass is 261 g/mol. The van der Waals surface area contributed by atoms with Crippen molar-refractivity contribution in [3.8, 4) is 0 Å². The molecular formula is C14H23N5. The normalized spacial score (nSPS) is 13.4. The zero-order valence-electron chi connectivity index (χ0n) is 12.4. The molecule has 0 aliphatic heterocycles. The molecule has 2 rings (SSSR count). The highest BCUT2D eigenvalue weighted by atomic mass is 15.2. The molecule has 2 heterocycles. The molecule has 2 aromatic rings. The predicted molar refractivity (Wildman–Crippen MR) is 78.5 cm³/mol. The van der Waals surface area contributed by atoms with Crippen molar-refractivity contribution in [3.63, 3.8) is 0 Å². The summed E-state index contributed by atoms with van der Waals surface area (Å²) < 4.78 is 1.87. The van der Waals surface area contributed by atoms with Gasteiger partial charge in [-0.25, -0.2) is 9.50 Å². The maximum Gasteiger partial charge on any atom is 0.152 e. The van der Waals surface area contributed by atoms with E-state index in [-0.39, 0.29) is 0 Å². The summed E-state index contributed by atoms with van der Waals surface area (Å²) in [4.78, 5) is 6.65. The second-order valence-electron chi connectivity index (χ2n) is 5.65. The maximum atomic E-state index is 4.46. The van der Waals surface area contributed by atoms with Gasteiger partial charge in [-0.05, 0) is 33.0 Å². The fourth-order valence-corrected chi connectivity index (χ4v) is 2.15. The van der Waals surface area contributed by atoms with Gasteiger partial charge in [-0.2, -0.15) is 5.10 Å². The second-order valence-corrected chi connectivity index (χ2v) is 5.65. The van der Waals surface area contributed by atoms with Crippen LogP contribution in [0.5, 0.6) is 0 Å². The van der Waals surface area contributed by atoms with Crippen molar-refractivity contribution in [1.29, 1.82) is 0 Å². The van der Waals surface area contributed by atoms with E-state index >= 15 is 0 Å². The summed E-state index contributed by atoms with van der Waals surface area (Å²) in [7, 11) is 4.18. The molecule has 0 aliphatic carbocycles. The molecule has 1 N–H and O–H groups in total. The van der Waals surface area contributed by atoms with Crippen molar-refractivity contribution in [2.45, 2.75) is 26.8 Å². The molecule has 19 heavy (non-hydrogen) atoms. The Hall–Kier alpha value is -1.62. The quantitative estimate of drug-likeness (QED) is 0.894. The minimum Gasteiger partial charge on any atom is -0.364 e. The molecule has 5 heteroatoms. The van der Waals surface area contributed by atoms with Gasteiger partial charge in [-0.1, -0.05) is 13.8 Å². The van der Waals surface area contributed by atoms with Crippen LogP contribution in [0.1, 0.15) is 19.5 Å². The third-order valence-corrected chi connectivity index (χ3v) is 3.20. The maximum absolute atomic E-state index is 4.46. The Morgan fingerprint density at radius 2 is 2.11 bits per heavy atom. The van der Waals surface area contributed by atoms with Gasteiger partial charge in [0.15, 0.2) is 5.82 Å². The van der Waals surface area contributed by atoms with Gasteiger partial charge in [0.1, 0.15) is 5.52 Å². The number of aryl methyl sites for hydroxylation is 1. The number of nitrogens with one attached hydrogen (secondary N) is 1. The van der Waals surface area contributed by atoms with E-state index in [0.717, 1.165) is 23.6 Å². The second kappa shape index (κ2) is 5.57. The molecule has 2 aromatic heterocycles. The van der Waals surface area contributed by atoms with Crippen LogP contribution in [-0.2, 0) is 0 Å². The lowest BCUT2D eigenvalue weighted by Gasteiger charge is -2.26. The summed E-state index contributed by atoms with van der Waals surface area (Å²) in [5, 5.41) is 7.97. The van der Waals surface area contributed by atoms with Crippen LogP contribution in [0.25, 0.3) is 5.52 Å². The van der Waals surface area contributed by atoms with Gasteiger partial charge < -0.3 is 10.2 Å². The number of likely N-dealkylation sites (N-methyl/N-ethyl adjacent to an activating group) is 1. The van der Waals surface area contributed by atoms with Crippen LogP contribution in [0.4, 0.5) is 5.82 Å². The van der Waals surface area contributed by atoms with E-state index in [1.807, 2.05) is 17.6 Å². The van der Waals surface area contributed by atoms with Crippen LogP contribution in [0, 0.1) is 12.8 Å². The molecule has 0 fully saturated rings. The molecule has 1 atom stereocenters. The van der Waals surface area contributed by atoms with E-state index < -0.39 is 0 Å². The lowest BCUT2D eigenvalue weighted by atomic mass is 10.0. The van der Waals surface area contributed by atoms with E-state index in [1.54, 1.807) is 6.20 Å². The summed E-state index contributed by atoms with van der Waals surface area (Å²) >= 11 is 0. The molecule has 0 bridgehead atoms. The van der Waals surface area contributed by atoms with E-state index in [0.29, 0.717) is 12.0 Å². The van der Waals surface area contributed by atoms with Crippen molar-refractivity contribution in [3.05, 3.63) is 24.2 Å². The fraction of sp³-hybridized carbons (Fsp3) is 0.571. The van der Waals surface area contributed by atoms with Crippen LogP contribution >= 0.6 is 0 Å². The highest BCUT2D eigenvalue weighted by molar-refractivity contribution is 5.68. The number of rotatable bonds is 5. The van der Waals surface area contributed by atoms with Crippen molar-refractivity contribution in [1.82, 2.24) is 19.5 Å². The zero-order chi connectivity index (χ0) is 14.0. The molecule has 1 unspecified atom stereocenters. The zero-order valence-corrected chi connectivity index (χ0v) is 12.4. The number of nitrogens with zero attached hydrogens (tertiary/aromatic N) is 4. The third kappa shape index (κ3) is 3.23. The van der Waals surface area contributed by atoms with Crippen LogP contribution in [0.15, 0.2) is 18.5 Å². The molecule has 5 nitrogen and oxygen atoms in total. The van der Waals surface area contributed by atoms with Gasteiger partial charge >= 0.3 is 0 Å². The van der Waals surface area contributed by atoms with Gasteiger partial charge in [0.05, 0.1) is 5.69 Å². The largest absolute Gasteiger partial charge is 0.364 e. The van der Waals surface area contributed by atoms with Gasteiger partial charge in [0.2, 0.25) is 0 Å². The highest BCUT2D eigenvalue weighted by Crippen LogP contribution is 2.18. The Morgan fingerprint density at radius 1 is 1.37 bits per heavy atom. The summed E-state index contributed by atoms with van der Waals surface area (Å²) in [6.45, 7) is 7.43. The van der Waals surface area contributed by atoms with Crippen LogP contribution in [-0.4, -0.2) is 46.2 Å². The van der Waals surface area contributed by atoms with Crippen LogP contribution in [0.2, 0.25) is 0 Å². The van der Waals surface area contributed by atoms with Gasteiger partial charge in [0.25, 0.3) is 0 Å². The minimum absolute atomic E-state index is 0.365. The van der Waals surface area contributed by atoms with Crippen molar-refractivity contribution in [2.24, 2.45) is 5.92 Å². The van der Waals surface area contributed by atoms with E-state index in [4.69, 9.17) is 0 Å². The molecule has 0 saturated heterocycles. The average molecular weight is 261 g/mol. The molecule has 104 valence electrons. The van der Waals surface area contributed by atoms with E-state index in [9.17, 15) is 0 Å². The van der Waals surface area contributed by atoms with Crippen LogP contribution < -0.4 is 5.32 Å². The van der Waals surface area contributed by atoms with Crippen molar-refractivity contribution < 1.29 is 0 Å². The summed E-state index contributed by atoms with van der Waals surface area (Å²) in [6, 6.07) is 2.42. The van der Waals surface area contributed by atoms with Gasteiger partial charge in [-0.15, -0.1) is 0 Å². The number of aromatic nitrogens is 3. The lowest BCUT2D eigenvalue weighted by molar-refractivity contribution is 0.344. The Bertz CT molecular complexity index is 544. The standard InChI is InChI=1S/C14H23N5/c1-10(2)12(9-18(4)5)16-14-13-8-11(3)17-19(13)7-6-15-14/h6-8,10,12H,9H2,1-5H3,(H,15,16). The highest BCUT2D eigenvalue weighted by Gasteiger charge is 2.16. The molecule has 0 saturated carbocycles. The number of fused-ring (bicyclic) bond motifs is 1. The van der Waals surface area contributed by atoms with Gasteiger partial charge in [0, 0.05) is 25.0 Å². The molecule has 0 radical (unpaired) electrons. The predicted octanol–water partition coefficient (Wildman–Crippen LogP) is 2.04.